The van der Waals surface area contributed by atoms with Crippen LogP contribution in [0.1, 0.15) is 47.4 Å². The number of fused-ring (bicyclic) bond motifs is 1. The van der Waals surface area contributed by atoms with Crippen molar-refractivity contribution < 1.29 is 18.3 Å². The van der Waals surface area contributed by atoms with Gasteiger partial charge in [-0.2, -0.15) is 0 Å². The number of benzene rings is 1. The van der Waals surface area contributed by atoms with Gasteiger partial charge in [0.25, 0.3) is 5.91 Å². The van der Waals surface area contributed by atoms with Gasteiger partial charge < -0.3 is 19.0 Å². The number of furan rings is 1. The van der Waals surface area contributed by atoms with E-state index in [4.69, 9.17) is 9.15 Å². The van der Waals surface area contributed by atoms with Crippen molar-refractivity contribution in [3.8, 4) is 0 Å². The van der Waals surface area contributed by atoms with E-state index in [-0.39, 0.29) is 17.8 Å². The van der Waals surface area contributed by atoms with Crippen LogP contribution in [0.3, 0.4) is 0 Å². The molecule has 5 rings (SSSR count). The van der Waals surface area contributed by atoms with E-state index in [2.05, 4.69) is 14.9 Å². The van der Waals surface area contributed by atoms with Crippen LogP contribution in [-0.4, -0.2) is 58.5 Å². The van der Waals surface area contributed by atoms with Crippen molar-refractivity contribution in [3.63, 3.8) is 0 Å². The average Bonchev–Trinajstić information content (AvgIpc) is 3.40. The van der Waals surface area contributed by atoms with E-state index >= 15 is 0 Å². The molecule has 2 saturated heterocycles. The number of amides is 1. The molecule has 0 bridgehead atoms. The molecule has 0 radical (unpaired) electrons. The Morgan fingerprint density at radius 1 is 1.17 bits per heavy atom. The third-order valence-corrected chi connectivity index (χ3v) is 5.90. The Morgan fingerprint density at radius 2 is 2.03 bits per heavy atom. The summed E-state index contributed by atoms with van der Waals surface area (Å²) in [4.78, 5) is 25.2. The maximum Gasteiger partial charge on any atom is 0.290 e. The zero-order valence-electron chi connectivity index (χ0n) is 16.8. The number of morpholine rings is 1. The van der Waals surface area contributed by atoms with E-state index in [0.29, 0.717) is 35.7 Å². The molecular formula is C22H25FN4O3. The van der Waals surface area contributed by atoms with Crippen molar-refractivity contribution in [2.75, 3.05) is 32.8 Å². The fraction of sp³-hybridized carbons (Fsp3) is 0.455. The first-order chi connectivity index (χ1) is 14.7. The maximum atomic E-state index is 13.5. The standard InChI is InChI=1S/C22H25FN4O3/c23-15-4-6-17-18(13-15)25-21(24-17)19-3-1-2-8-27(19)22(28)20-7-5-16(30-20)14-26-9-11-29-12-10-26/h4-7,13,19H,1-3,8-12,14H2,(H,24,25)/t19-/m0/s1. The molecule has 4 heterocycles. The van der Waals surface area contributed by atoms with Crippen molar-refractivity contribution in [1.82, 2.24) is 19.8 Å². The van der Waals surface area contributed by atoms with Crippen LogP contribution < -0.4 is 0 Å². The average molecular weight is 412 g/mol. The molecule has 2 aliphatic heterocycles. The molecule has 3 aromatic rings. The summed E-state index contributed by atoms with van der Waals surface area (Å²) in [6, 6.07) is 7.96. The van der Waals surface area contributed by atoms with Gasteiger partial charge in [-0.05, 0) is 49.6 Å². The summed E-state index contributed by atoms with van der Waals surface area (Å²) in [6.45, 7) is 4.51. The lowest BCUT2D eigenvalue weighted by molar-refractivity contribution is 0.0307. The molecule has 1 amide bonds. The first-order valence-corrected chi connectivity index (χ1v) is 10.5. The predicted molar refractivity (Wildman–Crippen MR) is 108 cm³/mol. The predicted octanol–water partition coefficient (Wildman–Crippen LogP) is 3.49. The van der Waals surface area contributed by atoms with Crippen LogP contribution in [0.15, 0.2) is 34.7 Å². The van der Waals surface area contributed by atoms with Crippen LogP contribution >= 0.6 is 0 Å². The number of hydrogen-bond donors (Lipinski definition) is 1. The lowest BCUT2D eigenvalue weighted by Crippen LogP contribution is -2.38. The zero-order chi connectivity index (χ0) is 20.5. The zero-order valence-corrected chi connectivity index (χ0v) is 16.8. The lowest BCUT2D eigenvalue weighted by Gasteiger charge is -2.34. The molecule has 2 aliphatic rings. The summed E-state index contributed by atoms with van der Waals surface area (Å²) < 4.78 is 24.8. The number of likely N-dealkylation sites (tertiary alicyclic amines) is 1. The Bertz CT molecular complexity index is 1040. The number of hydrogen-bond acceptors (Lipinski definition) is 5. The van der Waals surface area contributed by atoms with Crippen LogP contribution in [0.2, 0.25) is 0 Å². The number of carbonyl (C=O) groups excluding carboxylic acids is 1. The van der Waals surface area contributed by atoms with Crippen molar-refractivity contribution in [2.24, 2.45) is 0 Å². The van der Waals surface area contributed by atoms with Crippen molar-refractivity contribution in [3.05, 3.63) is 53.5 Å². The first kappa shape index (κ1) is 19.3. The SMILES string of the molecule is O=C(c1ccc(CN2CCOCC2)o1)N1CCCC[C@H]1c1nc2ccc(F)cc2[nH]1. The highest BCUT2D eigenvalue weighted by atomic mass is 19.1. The minimum atomic E-state index is -0.308. The van der Waals surface area contributed by atoms with Gasteiger partial charge in [0.15, 0.2) is 5.76 Å². The van der Waals surface area contributed by atoms with Crippen LogP contribution in [0.4, 0.5) is 4.39 Å². The van der Waals surface area contributed by atoms with E-state index in [1.807, 2.05) is 11.0 Å². The second-order valence-electron chi connectivity index (χ2n) is 7.95. The molecule has 1 atom stereocenters. The molecule has 0 saturated carbocycles. The van der Waals surface area contributed by atoms with Crippen LogP contribution in [-0.2, 0) is 11.3 Å². The third-order valence-electron chi connectivity index (χ3n) is 5.90. The van der Waals surface area contributed by atoms with Gasteiger partial charge in [0.1, 0.15) is 17.4 Å². The molecule has 0 unspecified atom stereocenters. The third kappa shape index (κ3) is 3.85. The fourth-order valence-electron chi connectivity index (χ4n) is 4.32. The molecular weight excluding hydrogens is 387 g/mol. The van der Waals surface area contributed by atoms with Crippen molar-refractivity contribution in [2.45, 2.75) is 31.8 Å². The van der Waals surface area contributed by atoms with Gasteiger partial charge in [0, 0.05) is 19.6 Å². The van der Waals surface area contributed by atoms with Gasteiger partial charge in [-0.25, -0.2) is 9.37 Å². The van der Waals surface area contributed by atoms with Gasteiger partial charge >= 0.3 is 0 Å². The number of H-pyrrole nitrogens is 1. The number of carbonyl (C=O) groups is 1. The van der Waals surface area contributed by atoms with Crippen molar-refractivity contribution >= 4 is 16.9 Å². The summed E-state index contributed by atoms with van der Waals surface area (Å²) in [5.41, 5.74) is 1.35. The second kappa shape index (κ2) is 8.20. The number of nitrogens with one attached hydrogen (secondary N) is 1. The Morgan fingerprint density at radius 3 is 2.90 bits per heavy atom. The smallest absolute Gasteiger partial charge is 0.290 e. The largest absolute Gasteiger partial charge is 0.455 e. The van der Waals surface area contributed by atoms with E-state index < -0.39 is 0 Å². The van der Waals surface area contributed by atoms with Gasteiger partial charge in [-0.3, -0.25) is 9.69 Å². The molecule has 0 aliphatic carbocycles. The molecule has 0 spiro atoms. The lowest BCUT2D eigenvalue weighted by atomic mass is 10.0. The van der Waals surface area contributed by atoms with Crippen molar-refractivity contribution in [1.29, 1.82) is 0 Å². The van der Waals surface area contributed by atoms with E-state index in [0.717, 1.165) is 51.3 Å². The van der Waals surface area contributed by atoms with E-state index in [9.17, 15) is 9.18 Å². The minimum absolute atomic E-state index is 0.125. The summed E-state index contributed by atoms with van der Waals surface area (Å²) in [5, 5.41) is 0. The highest BCUT2D eigenvalue weighted by molar-refractivity contribution is 5.92. The molecule has 2 aromatic heterocycles. The molecule has 2 fully saturated rings. The Labute approximate surface area is 173 Å². The quantitative estimate of drug-likeness (QED) is 0.710. The normalized spacial score (nSPS) is 20.7. The highest BCUT2D eigenvalue weighted by Gasteiger charge is 2.32. The number of piperidine rings is 1. The highest BCUT2D eigenvalue weighted by Crippen LogP contribution is 2.32. The van der Waals surface area contributed by atoms with Crippen LogP contribution in [0.5, 0.6) is 0 Å². The van der Waals surface area contributed by atoms with Crippen LogP contribution in [0, 0.1) is 5.82 Å². The molecule has 1 N–H and O–H groups in total. The Hall–Kier alpha value is -2.71. The monoisotopic (exact) mass is 412 g/mol. The number of imidazole rings is 1. The van der Waals surface area contributed by atoms with Gasteiger partial charge in [-0.15, -0.1) is 0 Å². The second-order valence-corrected chi connectivity index (χ2v) is 7.95. The van der Waals surface area contributed by atoms with Gasteiger partial charge in [-0.1, -0.05) is 0 Å². The maximum absolute atomic E-state index is 13.5. The fourth-order valence-corrected chi connectivity index (χ4v) is 4.32. The number of halogens is 1. The van der Waals surface area contributed by atoms with Gasteiger partial charge in [0.2, 0.25) is 0 Å². The molecule has 7 nitrogen and oxygen atoms in total. The first-order valence-electron chi connectivity index (χ1n) is 10.5. The molecule has 8 heteroatoms. The minimum Gasteiger partial charge on any atom is -0.455 e. The van der Waals surface area contributed by atoms with E-state index in [1.165, 1.54) is 12.1 Å². The number of rotatable bonds is 4. The summed E-state index contributed by atoms with van der Waals surface area (Å²) in [7, 11) is 0. The Balaban J connectivity index is 1.35. The number of nitrogens with zero attached hydrogens (tertiary/aromatic N) is 3. The number of aromatic amines is 1. The number of aromatic nitrogens is 2. The Kier molecular flexibility index (Phi) is 5.26. The summed E-state index contributed by atoms with van der Waals surface area (Å²) in [5.74, 6) is 1.40. The molecule has 30 heavy (non-hydrogen) atoms. The molecule has 158 valence electrons. The number of ether oxygens (including phenoxy) is 1. The summed E-state index contributed by atoms with van der Waals surface area (Å²) in [6.07, 6.45) is 2.77. The van der Waals surface area contributed by atoms with Crippen LogP contribution in [0.25, 0.3) is 11.0 Å². The molecule has 1 aromatic carbocycles. The van der Waals surface area contributed by atoms with E-state index in [1.54, 1.807) is 12.1 Å². The summed E-state index contributed by atoms with van der Waals surface area (Å²) >= 11 is 0. The topological polar surface area (TPSA) is 74.6 Å². The van der Waals surface area contributed by atoms with Gasteiger partial charge in [0.05, 0.1) is 36.8 Å².